The number of hydrogen-bond acceptors (Lipinski definition) is 2. The van der Waals surface area contributed by atoms with E-state index < -0.39 is 0 Å². The van der Waals surface area contributed by atoms with E-state index in [4.69, 9.17) is 0 Å². The van der Waals surface area contributed by atoms with Crippen LogP contribution in [0.3, 0.4) is 0 Å². The van der Waals surface area contributed by atoms with Crippen LogP contribution in [0.15, 0.2) is 91.1 Å². The summed E-state index contributed by atoms with van der Waals surface area (Å²) >= 11 is 0. The van der Waals surface area contributed by atoms with Crippen molar-refractivity contribution in [1.82, 2.24) is 4.98 Å². The van der Waals surface area contributed by atoms with E-state index in [1.807, 2.05) is 48.6 Å². The molecule has 5 rings (SSSR count). The average molecular weight is 518 g/mol. The second-order valence-electron chi connectivity index (χ2n) is 8.91. The van der Waals surface area contributed by atoms with Gasteiger partial charge in [-0.1, -0.05) is 72.9 Å². The molecule has 190 valence electrons. The van der Waals surface area contributed by atoms with Gasteiger partial charge in [0.05, 0.1) is 5.52 Å². The summed E-state index contributed by atoms with van der Waals surface area (Å²) in [6.07, 6.45) is 13.5. The summed E-state index contributed by atoms with van der Waals surface area (Å²) in [6.45, 7) is 0. The molecule has 1 aromatic heterocycles. The van der Waals surface area contributed by atoms with Crippen LogP contribution >= 0.6 is 0 Å². The Hall–Kier alpha value is -5.03. The molecule has 1 heterocycles. The lowest BCUT2D eigenvalue weighted by Crippen LogP contribution is -1.95. The molecule has 5 heteroatoms. The number of benzene rings is 4. The van der Waals surface area contributed by atoms with Crippen molar-refractivity contribution in [2.24, 2.45) is 0 Å². The first-order chi connectivity index (χ1) is 19.0. The fraction of sp³-hybridized carbons (Fsp3) is 0. The smallest absolute Gasteiger partial charge is 0.152 e. The first-order valence-electron chi connectivity index (χ1n) is 12.2. The Bertz CT molecular complexity index is 1720. The van der Waals surface area contributed by atoms with E-state index in [-0.39, 0.29) is 17.5 Å². The lowest BCUT2D eigenvalue weighted by molar-refractivity contribution is 0.112. The maximum Gasteiger partial charge on any atom is 0.152 e. The van der Waals surface area contributed by atoms with Crippen LogP contribution in [0.5, 0.6) is 0 Å². The molecule has 0 saturated carbocycles. The highest BCUT2D eigenvalue weighted by atomic mass is 19.1. The van der Waals surface area contributed by atoms with Gasteiger partial charge in [0.1, 0.15) is 17.5 Å². The molecular weight excluding hydrogens is 495 g/mol. The van der Waals surface area contributed by atoms with Gasteiger partial charge in [0.25, 0.3) is 0 Å². The Kier molecular flexibility index (Phi) is 7.60. The molecule has 0 fully saturated rings. The largest absolute Gasteiger partial charge is 0.298 e. The number of carbonyl (C=O) groups is 1. The molecular formula is C34H22F3NO. The maximum atomic E-state index is 13.4. The first kappa shape index (κ1) is 25.6. The SMILES string of the molecule is O=Cc1cnc2c(/C=C/c3ccc(F)cc3)cc(/C=C/c3ccc(F)cc3)cc2c1/C=C/c1ccc(F)cc1. The number of halogens is 3. The molecule has 0 amide bonds. The van der Waals surface area contributed by atoms with Gasteiger partial charge < -0.3 is 0 Å². The molecule has 0 atom stereocenters. The number of hydrogen-bond donors (Lipinski definition) is 0. The highest BCUT2D eigenvalue weighted by molar-refractivity contribution is 6.02. The highest BCUT2D eigenvalue weighted by Crippen LogP contribution is 2.29. The summed E-state index contributed by atoms with van der Waals surface area (Å²) in [7, 11) is 0. The van der Waals surface area contributed by atoms with Crippen molar-refractivity contribution in [3.8, 4) is 0 Å². The van der Waals surface area contributed by atoms with Gasteiger partial charge in [0.2, 0.25) is 0 Å². The zero-order valence-corrected chi connectivity index (χ0v) is 20.7. The van der Waals surface area contributed by atoms with Gasteiger partial charge in [-0.2, -0.15) is 0 Å². The summed E-state index contributed by atoms with van der Waals surface area (Å²) in [5, 5.41) is 0.748. The molecule has 0 aliphatic carbocycles. The van der Waals surface area contributed by atoms with Crippen LogP contribution in [0.25, 0.3) is 47.4 Å². The minimum Gasteiger partial charge on any atom is -0.298 e. The quantitative estimate of drug-likeness (QED) is 0.159. The molecule has 4 aromatic carbocycles. The van der Waals surface area contributed by atoms with E-state index in [9.17, 15) is 18.0 Å². The minimum atomic E-state index is -0.328. The Labute approximate surface area is 224 Å². The zero-order chi connectivity index (χ0) is 27.2. The predicted octanol–water partition coefficient (Wildman–Crippen LogP) is 8.98. The van der Waals surface area contributed by atoms with Gasteiger partial charge in [-0.3, -0.25) is 9.78 Å². The predicted molar refractivity (Wildman–Crippen MR) is 153 cm³/mol. The molecule has 0 aliphatic heterocycles. The summed E-state index contributed by atoms with van der Waals surface area (Å²) in [4.78, 5) is 16.5. The molecule has 0 aliphatic rings. The monoisotopic (exact) mass is 517 g/mol. The number of pyridine rings is 1. The van der Waals surface area contributed by atoms with Crippen LogP contribution < -0.4 is 0 Å². The summed E-state index contributed by atoms with van der Waals surface area (Å²) in [5.74, 6) is -0.951. The van der Waals surface area contributed by atoms with Crippen LogP contribution in [0.4, 0.5) is 13.2 Å². The van der Waals surface area contributed by atoms with Gasteiger partial charge in [-0.15, -0.1) is 0 Å². The molecule has 0 unspecified atom stereocenters. The number of aromatic nitrogens is 1. The molecule has 39 heavy (non-hydrogen) atoms. The first-order valence-corrected chi connectivity index (χ1v) is 12.2. The highest BCUT2D eigenvalue weighted by Gasteiger charge is 2.11. The van der Waals surface area contributed by atoms with Crippen LogP contribution in [0, 0.1) is 17.5 Å². The third kappa shape index (κ3) is 6.28. The molecule has 0 saturated heterocycles. The van der Waals surface area contributed by atoms with Crippen molar-refractivity contribution in [3.05, 3.63) is 148 Å². The van der Waals surface area contributed by atoms with Gasteiger partial charge in [-0.25, -0.2) is 13.2 Å². The molecule has 5 aromatic rings. The standard InChI is InChI=1S/C34H22F3NO/c35-29-12-4-23(5-13-29)1-2-26-19-27(11-3-24-6-14-30(36)15-7-24)34-33(20-26)32(28(22-39)21-38-34)18-10-25-8-16-31(37)17-9-25/h1-22H/b2-1+,11-3+,18-10+. The lowest BCUT2D eigenvalue weighted by Gasteiger charge is -2.10. The summed E-state index contributed by atoms with van der Waals surface area (Å²) in [5.41, 5.74) is 5.82. The van der Waals surface area contributed by atoms with E-state index in [0.717, 1.165) is 39.5 Å². The average Bonchev–Trinajstić information content (AvgIpc) is 2.96. The third-order valence-corrected chi connectivity index (χ3v) is 6.20. The zero-order valence-electron chi connectivity index (χ0n) is 20.7. The number of carbonyl (C=O) groups excluding carboxylic acids is 1. The Morgan fingerprint density at radius 2 is 0.974 bits per heavy atom. The fourth-order valence-electron chi connectivity index (χ4n) is 4.17. The van der Waals surface area contributed by atoms with Crippen molar-refractivity contribution >= 4 is 53.6 Å². The van der Waals surface area contributed by atoms with Crippen LogP contribution in [-0.4, -0.2) is 11.3 Å². The van der Waals surface area contributed by atoms with Gasteiger partial charge in [0, 0.05) is 22.7 Å². The van der Waals surface area contributed by atoms with Crippen molar-refractivity contribution < 1.29 is 18.0 Å². The molecule has 0 spiro atoms. The molecule has 0 radical (unpaired) electrons. The number of nitrogens with zero attached hydrogens (tertiary/aromatic N) is 1. The van der Waals surface area contributed by atoms with Gasteiger partial charge >= 0.3 is 0 Å². The topological polar surface area (TPSA) is 30.0 Å². The van der Waals surface area contributed by atoms with E-state index >= 15 is 0 Å². The van der Waals surface area contributed by atoms with E-state index in [1.165, 1.54) is 42.6 Å². The Morgan fingerprint density at radius 1 is 0.513 bits per heavy atom. The maximum absolute atomic E-state index is 13.4. The van der Waals surface area contributed by atoms with E-state index in [2.05, 4.69) is 4.98 Å². The molecule has 0 N–H and O–H groups in total. The molecule has 0 bridgehead atoms. The summed E-state index contributed by atoms with van der Waals surface area (Å²) in [6, 6.07) is 22.3. The normalized spacial score (nSPS) is 11.8. The van der Waals surface area contributed by atoms with E-state index in [0.29, 0.717) is 16.6 Å². The van der Waals surface area contributed by atoms with Crippen LogP contribution in [0.2, 0.25) is 0 Å². The van der Waals surface area contributed by atoms with Crippen molar-refractivity contribution in [2.75, 3.05) is 0 Å². The second kappa shape index (κ2) is 11.6. The van der Waals surface area contributed by atoms with Crippen molar-refractivity contribution in [3.63, 3.8) is 0 Å². The van der Waals surface area contributed by atoms with Gasteiger partial charge in [0.15, 0.2) is 6.29 Å². The Morgan fingerprint density at radius 3 is 1.49 bits per heavy atom. The second-order valence-corrected chi connectivity index (χ2v) is 8.91. The van der Waals surface area contributed by atoms with Crippen molar-refractivity contribution in [1.29, 1.82) is 0 Å². The Balaban J connectivity index is 1.65. The van der Waals surface area contributed by atoms with Gasteiger partial charge in [-0.05, 0) is 76.3 Å². The number of fused-ring (bicyclic) bond motifs is 1. The summed E-state index contributed by atoms with van der Waals surface area (Å²) < 4.78 is 40.1. The van der Waals surface area contributed by atoms with Crippen LogP contribution in [0.1, 0.15) is 43.7 Å². The third-order valence-electron chi connectivity index (χ3n) is 6.20. The minimum absolute atomic E-state index is 0.309. The van der Waals surface area contributed by atoms with E-state index in [1.54, 1.807) is 36.4 Å². The van der Waals surface area contributed by atoms with Crippen LogP contribution in [-0.2, 0) is 0 Å². The van der Waals surface area contributed by atoms with Crippen molar-refractivity contribution in [2.45, 2.75) is 0 Å². The fourth-order valence-corrected chi connectivity index (χ4v) is 4.17. The lowest BCUT2D eigenvalue weighted by atomic mass is 9.96. The number of aldehydes is 1. The number of rotatable bonds is 7. The molecule has 2 nitrogen and oxygen atoms in total.